The summed E-state index contributed by atoms with van der Waals surface area (Å²) in [5, 5.41) is 15.0. The Labute approximate surface area is 164 Å². The zero-order chi connectivity index (χ0) is 19.2. The van der Waals surface area contributed by atoms with Gasteiger partial charge in [-0.15, -0.1) is 5.10 Å². The summed E-state index contributed by atoms with van der Waals surface area (Å²) < 4.78 is 6.96. The number of ether oxygens (including phenoxy) is 1. The lowest BCUT2D eigenvalue weighted by Crippen LogP contribution is -2.40. The van der Waals surface area contributed by atoms with E-state index in [9.17, 15) is 4.79 Å². The maximum Gasteiger partial charge on any atom is 0.242 e. The molecule has 1 atom stereocenters. The first-order chi connectivity index (χ1) is 13.8. The smallest absolute Gasteiger partial charge is 0.242 e. The van der Waals surface area contributed by atoms with Gasteiger partial charge in [0.15, 0.2) is 5.82 Å². The molecule has 0 spiro atoms. The Bertz CT molecular complexity index is 761. The number of nitrogens with one attached hydrogen (secondary N) is 1. The number of nitrogens with zero attached hydrogens (tertiary/aromatic N) is 6. The van der Waals surface area contributed by atoms with E-state index in [1.165, 1.54) is 5.56 Å². The first-order valence-corrected chi connectivity index (χ1v) is 9.87. The van der Waals surface area contributed by atoms with Gasteiger partial charge in [-0.2, -0.15) is 0 Å². The third-order valence-electron chi connectivity index (χ3n) is 5.25. The molecule has 150 valence electrons. The molecule has 2 aliphatic rings. The highest BCUT2D eigenvalue weighted by Gasteiger charge is 2.24. The minimum Gasteiger partial charge on any atom is -0.379 e. The average molecular weight is 385 g/mol. The summed E-state index contributed by atoms with van der Waals surface area (Å²) in [7, 11) is 0. The van der Waals surface area contributed by atoms with E-state index >= 15 is 0 Å². The molecule has 9 heteroatoms. The van der Waals surface area contributed by atoms with Crippen molar-refractivity contribution < 1.29 is 9.53 Å². The summed E-state index contributed by atoms with van der Waals surface area (Å²) in [5.41, 5.74) is 1.30. The summed E-state index contributed by atoms with van der Waals surface area (Å²) >= 11 is 0. The molecule has 0 bridgehead atoms. The van der Waals surface area contributed by atoms with Gasteiger partial charge in [-0.1, -0.05) is 30.3 Å². The summed E-state index contributed by atoms with van der Waals surface area (Å²) in [6, 6.07) is 10.6. The topological polar surface area (TPSA) is 88.4 Å². The Morgan fingerprint density at radius 1 is 1.11 bits per heavy atom. The molecule has 0 radical (unpaired) electrons. The van der Waals surface area contributed by atoms with Crippen LogP contribution < -0.4 is 5.32 Å². The molecule has 2 fully saturated rings. The zero-order valence-electron chi connectivity index (χ0n) is 16.0. The highest BCUT2D eigenvalue weighted by molar-refractivity contribution is 5.76. The molecule has 4 rings (SSSR count). The zero-order valence-corrected chi connectivity index (χ0v) is 16.0. The molecule has 2 aliphatic heterocycles. The predicted molar refractivity (Wildman–Crippen MR) is 102 cm³/mol. The van der Waals surface area contributed by atoms with Gasteiger partial charge in [0.2, 0.25) is 5.91 Å². The number of aromatic nitrogens is 4. The Hall–Kier alpha value is -2.36. The number of morpholine rings is 1. The molecule has 28 heavy (non-hydrogen) atoms. The molecule has 1 aromatic carbocycles. The Morgan fingerprint density at radius 2 is 1.93 bits per heavy atom. The molecule has 1 aromatic heterocycles. The van der Waals surface area contributed by atoms with E-state index in [0.29, 0.717) is 12.4 Å². The van der Waals surface area contributed by atoms with Gasteiger partial charge < -0.3 is 10.1 Å². The SMILES string of the molecule is O=C(Cn1nnnc1CN1CCOCC1)N[C@H]1CCN(Cc2ccccc2)C1. The average Bonchev–Trinajstić information content (AvgIpc) is 3.33. The maximum absolute atomic E-state index is 12.5. The van der Waals surface area contributed by atoms with Crippen LogP contribution in [0.3, 0.4) is 0 Å². The van der Waals surface area contributed by atoms with Crippen molar-refractivity contribution in [2.24, 2.45) is 0 Å². The Balaban J connectivity index is 1.24. The van der Waals surface area contributed by atoms with Crippen LogP contribution in [-0.4, -0.2) is 81.3 Å². The van der Waals surface area contributed by atoms with Gasteiger partial charge in [0.05, 0.1) is 19.8 Å². The van der Waals surface area contributed by atoms with Crippen molar-refractivity contribution in [1.82, 2.24) is 35.3 Å². The second-order valence-electron chi connectivity index (χ2n) is 7.42. The largest absolute Gasteiger partial charge is 0.379 e. The molecule has 9 nitrogen and oxygen atoms in total. The fraction of sp³-hybridized carbons (Fsp3) is 0.579. The van der Waals surface area contributed by atoms with Crippen molar-refractivity contribution in [1.29, 1.82) is 0 Å². The van der Waals surface area contributed by atoms with E-state index in [4.69, 9.17) is 4.74 Å². The van der Waals surface area contributed by atoms with Gasteiger partial charge in [0, 0.05) is 38.8 Å². The van der Waals surface area contributed by atoms with E-state index in [0.717, 1.165) is 52.4 Å². The van der Waals surface area contributed by atoms with Gasteiger partial charge in [0.25, 0.3) is 0 Å². The van der Waals surface area contributed by atoms with Crippen molar-refractivity contribution in [3.8, 4) is 0 Å². The van der Waals surface area contributed by atoms with E-state index in [2.05, 4.69) is 54.9 Å². The van der Waals surface area contributed by atoms with E-state index in [1.807, 2.05) is 6.07 Å². The van der Waals surface area contributed by atoms with Crippen LogP contribution in [0.4, 0.5) is 0 Å². The quantitative estimate of drug-likeness (QED) is 0.712. The number of carbonyl (C=O) groups is 1. The minimum atomic E-state index is -0.0397. The fourth-order valence-corrected chi connectivity index (χ4v) is 3.76. The molecule has 3 heterocycles. The van der Waals surface area contributed by atoms with Crippen LogP contribution in [0.1, 0.15) is 17.8 Å². The molecule has 1 amide bonds. The lowest BCUT2D eigenvalue weighted by atomic mass is 10.2. The van der Waals surface area contributed by atoms with Crippen molar-refractivity contribution >= 4 is 5.91 Å². The number of carbonyl (C=O) groups excluding carboxylic acids is 1. The standard InChI is InChI=1S/C19H27N7O2/c27-19(15-26-18(21-22-23-26)14-24-8-10-28-11-9-24)20-17-6-7-25(13-17)12-16-4-2-1-3-5-16/h1-5,17H,6-15H2,(H,20,27)/t17-/m0/s1. The van der Waals surface area contributed by atoms with Crippen LogP contribution in [0.2, 0.25) is 0 Å². The van der Waals surface area contributed by atoms with Gasteiger partial charge in [-0.25, -0.2) is 4.68 Å². The van der Waals surface area contributed by atoms with Crippen molar-refractivity contribution in [2.75, 3.05) is 39.4 Å². The van der Waals surface area contributed by atoms with Crippen LogP contribution in [0, 0.1) is 0 Å². The van der Waals surface area contributed by atoms with Gasteiger partial charge in [-0.05, 0) is 22.4 Å². The van der Waals surface area contributed by atoms with Crippen LogP contribution in [0.15, 0.2) is 30.3 Å². The Morgan fingerprint density at radius 3 is 2.75 bits per heavy atom. The van der Waals surface area contributed by atoms with Crippen LogP contribution in [0.25, 0.3) is 0 Å². The number of hydrogen-bond donors (Lipinski definition) is 1. The highest BCUT2D eigenvalue weighted by atomic mass is 16.5. The van der Waals surface area contributed by atoms with Crippen LogP contribution >= 0.6 is 0 Å². The highest BCUT2D eigenvalue weighted by Crippen LogP contribution is 2.13. The molecule has 0 saturated carbocycles. The summed E-state index contributed by atoms with van der Waals surface area (Å²) in [6.45, 7) is 6.75. The van der Waals surface area contributed by atoms with Gasteiger partial charge >= 0.3 is 0 Å². The number of tetrazole rings is 1. The Kier molecular flexibility index (Phi) is 6.25. The van der Waals surface area contributed by atoms with Crippen LogP contribution in [-0.2, 0) is 29.2 Å². The lowest BCUT2D eigenvalue weighted by molar-refractivity contribution is -0.122. The second kappa shape index (κ2) is 9.22. The fourth-order valence-electron chi connectivity index (χ4n) is 3.76. The normalized spacial score (nSPS) is 21.1. The molecular formula is C19H27N7O2. The minimum absolute atomic E-state index is 0.0397. The maximum atomic E-state index is 12.5. The third kappa shape index (κ3) is 5.12. The summed E-state index contributed by atoms with van der Waals surface area (Å²) in [4.78, 5) is 17.1. The molecule has 0 aliphatic carbocycles. The number of benzene rings is 1. The molecule has 2 aromatic rings. The van der Waals surface area contributed by atoms with E-state index < -0.39 is 0 Å². The first-order valence-electron chi connectivity index (χ1n) is 9.87. The number of rotatable bonds is 7. The first kappa shape index (κ1) is 19.0. The summed E-state index contributed by atoms with van der Waals surface area (Å²) in [5.74, 6) is 0.677. The predicted octanol–water partition coefficient (Wildman–Crippen LogP) is -0.104. The number of likely N-dealkylation sites (tertiary alicyclic amines) is 1. The van der Waals surface area contributed by atoms with Crippen molar-refractivity contribution in [2.45, 2.75) is 32.1 Å². The molecule has 2 saturated heterocycles. The van der Waals surface area contributed by atoms with Crippen molar-refractivity contribution in [3.63, 3.8) is 0 Å². The van der Waals surface area contributed by atoms with E-state index in [1.54, 1.807) is 4.68 Å². The van der Waals surface area contributed by atoms with Gasteiger partial charge in [0.1, 0.15) is 6.54 Å². The molecule has 1 N–H and O–H groups in total. The van der Waals surface area contributed by atoms with Gasteiger partial charge in [-0.3, -0.25) is 14.6 Å². The summed E-state index contributed by atoms with van der Waals surface area (Å²) in [6.07, 6.45) is 0.967. The van der Waals surface area contributed by atoms with Crippen LogP contribution in [0.5, 0.6) is 0 Å². The second-order valence-corrected chi connectivity index (χ2v) is 7.42. The molecular weight excluding hydrogens is 358 g/mol. The number of hydrogen-bond acceptors (Lipinski definition) is 7. The third-order valence-corrected chi connectivity index (χ3v) is 5.25. The van der Waals surface area contributed by atoms with E-state index in [-0.39, 0.29) is 18.5 Å². The number of amides is 1. The monoisotopic (exact) mass is 385 g/mol. The lowest BCUT2D eigenvalue weighted by Gasteiger charge is -2.25. The molecule has 0 unspecified atom stereocenters. The van der Waals surface area contributed by atoms with Crippen molar-refractivity contribution in [3.05, 3.63) is 41.7 Å².